The van der Waals surface area contributed by atoms with Crippen LogP contribution in [0.25, 0.3) is 0 Å². The highest BCUT2D eigenvalue weighted by Gasteiger charge is 2.32. The molecular weight excluding hydrogens is 400 g/mol. The van der Waals surface area contributed by atoms with Gasteiger partial charge in [-0.2, -0.15) is 0 Å². The Morgan fingerprint density at radius 3 is 2.43 bits per heavy atom. The highest BCUT2D eigenvalue weighted by molar-refractivity contribution is 5.85. The molecule has 7 nitrogen and oxygen atoms in total. The topological polar surface area (TPSA) is 59.3 Å². The molecule has 0 N–H and O–H groups in total. The van der Waals surface area contributed by atoms with Crippen LogP contribution >= 0.6 is 12.4 Å². The molecule has 4 rings (SSSR count). The lowest BCUT2D eigenvalue weighted by Crippen LogP contribution is -2.48. The maximum Gasteiger partial charge on any atom is 0.168 e. The molecule has 1 atom stereocenters. The number of aromatic nitrogens is 4. The maximum atomic E-state index is 5.57. The molecule has 2 aromatic rings. The molecule has 0 amide bonds. The van der Waals surface area contributed by atoms with Crippen molar-refractivity contribution in [1.29, 1.82) is 0 Å². The molecule has 1 aromatic carbocycles. The molecule has 2 fully saturated rings. The van der Waals surface area contributed by atoms with E-state index in [4.69, 9.17) is 4.74 Å². The zero-order chi connectivity index (χ0) is 20.2. The van der Waals surface area contributed by atoms with Crippen molar-refractivity contribution in [3.63, 3.8) is 0 Å². The minimum atomic E-state index is 0. The van der Waals surface area contributed by atoms with Crippen molar-refractivity contribution in [2.24, 2.45) is 5.92 Å². The van der Waals surface area contributed by atoms with Gasteiger partial charge in [-0.1, -0.05) is 38.8 Å². The Bertz CT molecular complexity index is 783. The Hall–Kier alpha value is -1.86. The van der Waals surface area contributed by atoms with E-state index in [-0.39, 0.29) is 18.4 Å². The van der Waals surface area contributed by atoms with Crippen LogP contribution in [-0.2, 0) is 0 Å². The number of nitrogens with zero attached hydrogens (tertiary/aromatic N) is 6. The van der Waals surface area contributed by atoms with E-state index in [9.17, 15) is 0 Å². The summed E-state index contributed by atoms with van der Waals surface area (Å²) in [6, 6.07) is 9.07. The second-order valence-corrected chi connectivity index (χ2v) is 8.76. The summed E-state index contributed by atoms with van der Waals surface area (Å²) < 4.78 is 7.72. The predicted octanol–water partition coefficient (Wildman–Crippen LogP) is 4.13. The highest BCUT2D eigenvalue weighted by atomic mass is 35.5. The van der Waals surface area contributed by atoms with Crippen molar-refractivity contribution in [2.45, 2.75) is 58.0 Å². The summed E-state index contributed by atoms with van der Waals surface area (Å²) in [6.07, 6.45) is 6.07. The van der Waals surface area contributed by atoms with E-state index in [1.807, 2.05) is 12.1 Å². The minimum Gasteiger partial charge on any atom is -0.495 e. The highest BCUT2D eigenvalue weighted by Crippen LogP contribution is 2.35. The number of piperazine rings is 1. The van der Waals surface area contributed by atoms with Crippen LogP contribution in [0.1, 0.15) is 63.9 Å². The van der Waals surface area contributed by atoms with Crippen LogP contribution in [0.5, 0.6) is 5.75 Å². The van der Waals surface area contributed by atoms with Crippen LogP contribution < -0.4 is 9.64 Å². The fraction of sp³-hybridized carbons (Fsp3) is 0.682. The first-order chi connectivity index (χ1) is 14.2. The van der Waals surface area contributed by atoms with Gasteiger partial charge in [0, 0.05) is 26.2 Å². The molecule has 1 aliphatic carbocycles. The van der Waals surface area contributed by atoms with Crippen LogP contribution in [0.4, 0.5) is 5.69 Å². The number of hydrogen-bond acceptors (Lipinski definition) is 6. The van der Waals surface area contributed by atoms with Crippen molar-refractivity contribution in [3.8, 4) is 5.75 Å². The molecular formula is C22H35ClN6O. The van der Waals surface area contributed by atoms with Crippen molar-refractivity contribution in [1.82, 2.24) is 25.1 Å². The molecule has 166 valence electrons. The van der Waals surface area contributed by atoms with Gasteiger partial charge in [-0.25, -0.2) is 4.68 Å². The third-order valence-corrected chi connectivity index (χ3v) is 6.36. The molecule has 2 aliphatic rings. The number of tetrazole rings is 1. The second kappa shape index (κ2) is 10.4. The number of halogens is 1. The van der Waals surface area contributed by atoms with E-state index in [0.29, 0.717) is 12.0 Å². The fourth-order valence-electron chi connectivity index (χ4n) is 4.86. The Morgan fingerprint density at radius 1 is 1.07 bits per heavy atom. The molecule has 2 heterocycles. The molecule has 30 heavy (non-hydrogen) atoms. The fourth-order valence-corrected chi connectivity index (χ4v) is 4.86. The molecule has 0 spiro atoms. The largest absolute Gasteiger partial charge is 0.495 e. The number of ether oxygens (including phenoxy) is 1. The summed E-state index contributed by atoms with van der Waals surface area (Å²) in [6.45, 7) is 8.57. The van der Waals surface area contributed by atoms with Gasteiger partial charge in [0.15, 0.2) is 5.82 Å². The Morgan fingerprint density at radius 2 is 1.77 bits per heavy atom. The van der Waals surface area contributed by atoms with Gasteiger partial charge in [0.1, 0.15) is 5.75 Å². The Labute approximate surface area is 186 Å². The van der Waals surface area contributed by atoms with Crippen LogP contribution in [0, 0.1) is 5.92 Å². The monoisotopic (exact) mass is 434 g/mol. The summed E-state index contributed by atoms with van der Waals surface area (Å²) in [5.41, 5.74) is 1.19. The van der Waals surface area contributed by atoms with Crippen molar-refractivity contribution < 1.29 is 4.74 Å². The normalized spacial score (nSPS) is 19.1. The third-order valence-electron chi connectivity index (χ3n) is 6.36. The molecule has 1 aliphatic heterocycles. The molecule has 0 radical (unpaired) electrons. The molecule has 0 bridgehead atoms. The molecule has 1 aromatic heterocycles. The van der Waals surface area contributed by atoms with Gasteiger partial charge < -0.3 is 9.64 Å². The van der Waals surface area contributed by atoms with E-state index < -0.39 is 0 Å². The number of para-hydroxylation sites is 2. The first-order valence-electron chi connectivity index (χ1n) is 11.1. The molecule has 1 saturated carbocycles. The van der Waals surface area contributed by atoms with Gasteiger partial charge >= 0.3 is 0 Å². The van der Waals surface area contributed by atoms with Gasteiger partial charge in [-0.3, -0.25) is 4.90 Å². The predicted molar refractivity (Wildman–Crippen MR) is 122 cm³/mol. The molecule has 1 unspecified atom stereocenters. The number of methoxy groups -OCH3 is 1. The van der Waals surface area contributed by atoms with Gasteiger partial charge in [-0.15, -0.1) is 17.5 Å². The SMILES string of the molecule is COc1ccccc1N1CCN(C(CC(C)C)c2nnnn2C2CCCC2)CC1.Cl. The number of hydrogen-bond donors (Lipinski definition) is 0. The number of rotatable bonds is 7. The lowest BCUT2D eigenvalue weighted by Gasteiger charge is -2.40. The summed E-state index contributed by atoms with van der Waals surface area (Å²) in [5.74, 6) is 2.61. The van der Waals surface area contributed by atoms with Crippen LogP contribution in [0.3, 0.4) is 0 Å². The van der Waals surface area contributed by atoms with Crippen molar-refractivity contribution in [3.05, 3.63) is 30.1 Å². The standard InChI is InChI=1S/C22H34N6O.ClH/c1-17(2)16-20(22-23-24-25-28(22)18-8-4-5-9-18)27-14-12-26(13-15-27)19-10-6-7-11-21(19)29-3;/h6-7,10-11,17-18,20H,4-5,8-9,12-16H2,1-3H3;1H. The summed E-state index contributed by atoms with van der Waals surface area (Å²) in [7, 11) is 1.75. The Balaban J connectivity index is 0.00000256. The quantitative estimate of drug-likeness (QED) is 0.653. The van der Waals surface area contributed by atoms with Crippen LogP contribution in [-0.4, -0.2) is 58.4 Å². The van der Waals surface area contributed by atoms with E-state index >= 15 is 0 Å². The van der Waals surface area contributed by atoms with E-state index in [1.165, 1.54) is 31.4 Å². The van der Waals surface area contributed by atoms with Gasteiger partial charge in [-0.05, 0) is 47.7 Å². The average Bonchev–Trinajstić information content (AvgIpc) is 3.43. The number of benzene rings is 1. The lowest BCUT2D eigenvalue weighted by atomic mass is 10.0. The van der Waals surface area contributed by atoms with Gasteiger partial charge in [0.25, 0.3) is 0 Å². The van der Waals surface area contributed by atoms with E-state index in [2.05, 4.69) is 56.0 Å². The molecule has 8 heteroatoms. The third kappa shape index (κ3) is 4.89. The zero-order valence-corrected chi connectivity index (χ0v) is 19.2. The van der Waals surface area contributed by atoms with E-state index in [0.717, 1.165) is 44.2 Å². The van der Waals surface area contributed by atoms with Crippen molar-refractivity contribution >= 4 is 18.1 Å². The summed E-state index contributed by atoms with van der Waals surface area (Å²) in [4.78, 5) is 5.02. The summed E-state index contributed by atoms with van der Waals surface area (Å²) in [5, 5.41) is 13.0. The maximum absolute atomic E-state index is 5.57. The lowest BCUT2D eigenvalue weighted by molar-refractivity contribution is 0.150. The van der Waals surface area contributed by atoms with Gasteiger partial charge in [0.05, 0.1) is 24.9 Å². The second-order valence-electron chi connectivity index (χ2n) is 8.76. The van der Waals surface area contributed by atoms with Crippen LogP contribution in [0.2, 0.25) is 0 Å². The van der Waals surface area contributed by atoms with Crippen LogP contribution in [0.15, 0.2) is 24.3 Å². The first-order valence-corrected chi connectivity index (χ1v) is 11.1. The van der Waals surface area contributed by atoms with Crippen molar-refractivity contribution in [2.75, 3.05) is 38.2 Å². The van der Waals surface area contributed by atoms with Gasteiger partial charge in [0.2, 0.25) is 0 Å². The minimum absolute atomic E-state index is 0. The number of anilines is 1. The first kappa shape index (κ1) is 22.8. The zero-order valence-electron chi connectivity index (χ0n) is 18.4. The Kier molecular flexibility index (Phi) is 7.94. The average molecular weight is 435 g/mol. The smallest absolute Gasteiger partial charge is 0.168 e. The molecule has 1 saturated heterocycles. The van der Waals surface area contributed by atoms with E-state index in [1.54, 1.807) is 7.11 Å². The summed E-state index contributed by atoms with van der Waals surface area (Å²) >= 11 is 0.